The normalized spacial score (nSPS) is 12.7. The third kappa shape index (κ3) is 2.55. The summed E-state index contributed by atoms with van der Waals surface area (Å²) in [5.41, 5.74) is 8.72. The van der Waals surface area contributed by atoms with Crippen LogP contribution in [0.25, 0.3) is 10.1 Å². The number of hydrogen-bond donors (Lipinski definition) is 1. The summed E-state index contributed by atoms with van der Waals surface area (Å²) < 4.78 is 1.40. The van der Waals surface area contributed by atoms with Gasteiger partial charge in [0.2, 0.25) is 0 Å². The molecule has 2 N–H and O–H groups in total. The number of thiophene rings is 1. The van der Waals surface area contributed by atoms with Gasteiger partial charge in [-0.3, -0.25) is 0 Å². The Kier molecular flexibility index (Phi) is 3.62. The minimum Gasteiger partial charge on any atom is -0.330 e. The predicted molar refractivity (Wildman–Crippen MR) is 83.8 cm³/mol. The highest BCUT2D eigenvalue weighted by Crippen LogP contribution is 2.29. The Morgan fingerprint density at radius 3 is 2.58 bits per heavy atom. The second-order valence-electron chi connectivity index (χ2n) is 4.80. The van der Waals surface area contributed by atoms with E-state index in [1.165, 1.54) is 21.2 Å². The van der Waals surface area contributed by atoms with E-state index in [0.717, 1.165) is 6.42 Å². The van der Waals surface area contributed by atoms with Crippen LogP contribution in [0.5, 0.6) is 0 Å². The number of hydrogen-bond acceptors (Lipinski definition) is 2. The number of benzene rings is 2. The van der Waals surface area contributed by atoms with Crippen molar-refractivity contribution in [2.75, 3.05) is 6.54 Å². The number of fused-ring (bicyclic) bond motifs is 1. The maximum absolute atomic E-state index is 5.98. The van der Waals surface area contributed by atoms with Crippen molar-refractivity contribution in [3.05, 3.63) is 71.1 Å². The van der Waals surface area contributed by atoms with E-state index in [1.54, 1.807) is 0 Å². The van der Waals surface area contributed by atoms with E-state index in [1.807, 2.05) is 11.3 Å². The first-order valence-corrected chi connectivity index (χ1v) is 7.46. The quantitative estimate of drug-likeness (QED) is 0.753. The van der Waals surface area contributed by atoms with Crippen LogP contribution in [0, 0.1) is 0 Å². The molecule has 0 spiro atoms. The largest absolute Gasteiger partial charge is 0.330 e. The Morgan fingerprint density at radius 2 is 1.79 bits per heavy atom. The molecule has 3 aromatic rings. The van der Waals surface area contributed by atoms with Crippen molar-refractivity contribution in [3.63, 3.8) is 0 Å². The average molecular weight is 267 g/mol. The standard InChI is InChI=1S/C17H17NS/c18-12-16(13-5-2-1-3-6-13)11-15-8-4-7-14-9-10-19-17(14)15/h1-10,16H,11-12,18H2. The molecule has 1 aromatic heterocycles. The Hall–Kier alpha value is -1.64. The van der Waals surface area contributed by atoms with Gasteiger partial charge in [-0.25, -0.2) is 0 Å². The SMILES string of the molecule is NCC(Cc1cccc2ccsc12)c1ccccc1. The molecule has 1 heterocycles. The van der Waals surface area contributed by atoms with Crippen LogP contribution >= 0.6 is 11.3 Å². The van der Waals surface area contributed by atoms with Gasteiger partial charge in [0.1, 0.15) is 0 Å². The van der Waals surface area contributed by atoms with Crippen LogP contribution in [-0.4, -0.2) is 6.54 Å². The molecule has 3 rings (SSSR count). The molecule has 0 aliphatic carbocycles. The summed E-state index contributed by atoms with van der Waals surface area (Å²) in [6, 6.07) is 19.3. The minimum absolute atomic E-state index is 0.397. The van der Waals surface area contributed by atoms with Crippen LogP contribution in [0.2, 0.25) is 0 Å². The van der Waals surface area contributed by atoms with Gasteiger partial charge in [-0.15, -0.1) is 11.3 Å². The maximum Gasteiger partial charge on any atom is 0.0374 e. The zero-order valence-corrected chi connectivity index (χ0v) is 11.6. The molecule has 1 unspecified atom stereocenters. The van der Waals surface area contributed by atoms with Crippen molar-refractivity contribution in [3.8, 4) is 0 Å². The lowest BCUT2D eigenvalue weighted by Gasteiger charge is -2.15. The average Bonchev–Trinajstić information content (AvgIpc) is 2.95. The van der Waals surface area contributed by atoms with Gasteiger partial charge in [-0.1, -0.05) is 48.5 Å². The summed E-state index contributed by atoms with van der Waals surface area (Å²) in [6.45, 7) is 0.686. The first-order chi connectivity index (χ1) is 9.38. The number of rotatable bonds is 4. The fraction of sp³-hybridized carbons (Fsp3) is 0.176. The summed E-state index contributed by atoms with van der Waals surface area (Å²) in [5.74, 6) is 0.397. The predicted octanol–water partition coefficient (Wildman–Crippen LogP) is 4.19. The zero-order valence-electron chi connectivity index (χ0n) is 10.8. The molecule has 0 aliphatic heterocycles. The molecule has 0 bridgehead atoms. The molecule has 0 radical (unpaired) electrons. The Morgan fingerprint density at radius 1 is 0.947 bits per heavy atom. The fourth-order valence-electron chi connectivity index (χ4n) is 2.54. The van der Waals surface area contributed by atoms with Crippen molar-refractivity contribution >= 4 is 21.4 Å². The zero-order chi connectivity index (χ0) is 13.1. The topological polar surface area (TPSA) is 26.0 Å². The van der Waals surface area contributed by atoms with Crippen molar-refractivity contribution in [2.24, 2.45) is 5.73 Å². The monoisotopic (exact) mass is 267 g/mol. The molecule has 0 fully saturated rings. The smallest absolute Gasteiger partial charge is 0.0374 e. The molecule has 0 saturated carbocycles. The van der Waals surface area contributed by atoms with Crippen LogP contribution in [0.15, 0.2) is 60.0 Å². The minimum atomic E-state index is 0.397. The first-order valence-electron chi connectivity index (χ1n) is 6.58. The van der Waals surface area contributed by atoms with Crippen molar-refractivity contribution in [1.82, 2.24) is 0 Å². The van der Waals surface area contributed by atoms with Crippen LogP contribution in [-0.2, 0) is 6.42 Å². The fourth-order valence-corrected chi connectivity index (χ4v) is 3.47. The van der Waals surface area contributed by atoms with Crippen molar-refractivity contribution in [2.45, 2.75) is 12.3 Å². The molecular weight excluding hydrogens is 250 g/mol. The van der Waals surface area contributed by atoms with E-state index in [9.17, 15) is 0 Å². The van der Waals surface area contributed by atoms with Gasteiger partial charge in [0.25, 0.3) is 0 Å². The van der Waals surface area contributed by atoms with E-state index in [4.69, 9.17) is 5.73 Å². The molecule has 1 nitrogen and oxygen atoms in total. The van der Waals surface area contributed by atoms with Gasteiger partial charge < -0.3 is 5.73 Å². The van der Waals surface area contributed by atoms with E-state index in [-0.39, 0.29) is 0 Å². The number of nitrogens with two attached hydrogens (primary N) is 1. The van der Waals surface area contributed by atoms with E-state index in [2.05, 4.69) is 60.0 Å². The van der Waals surface area contributed by atoms with E-state index >= 15 is 0 Å². The highest BCUT2D eigenvalue weighted by molar-refractivity contribution is 7.17. The van der Waals surface area contributed by atoms with Gasteiger partial charge in [0, 0.05) is 10.6 Å². The molecule has 2 heteroatoms. The van der Waals surface area contributed by atoms with Crippen LogP contribution in [0.1, 0.15) is 17.0 Å². The Labute approximate surface area is 117 Å². The van der Waals surface area contributed by atoms with Crippen LogP contribution in [0.4, 0.5) is 0 Å². The second-order valence-corrected chi connectivity index (χ2v) is 5.72. The van der Waals surface area contributed by atoms with Gasteiger partial charge >= 0.3 is 0 Å². The molecule has 19 heavy (non-hydrogen) atoms. The lowest BCUT2D eigenvalue weighted by atomic mass is 9.92. The Balaban J connectivity index is 1.93. The summed E-state index contributed by atoms with van der Waals surface area (Å²) in [7, 11) is 0. The molecule has 1 atom stereocenters. The molecule has 2 aromatic carbocycles. The van der Waals surface area contributed by atoms with Crippen molar-refractivity contribution in [1.29, 1.82) is 0 Å². The lowest BCUT2D eigenvalue weighted by Crippen LogP contribution is -2.15. The van der Waals surface area contributed by atoms with Crippen molar-refractivity contribution < 1.29 is 0 Å². The third-order valence-corrected chi connectivity index (χ3v) is 4.59. The maximum atomic E-state index is 5.98. The molecule has 0 amide bonds. The molecule has 96 valence electrons. The third-order valence-electron chi connectivity index (χ3n) is 3.58. The van der Waals surface area contributed by atoms with Gasteiger partial charge in [0.05, 0.1) is 0 Å². The van der Waals surface area contributed by atoms with Crippen LogP contribution in [0.3, 0.4) is 0 Å². The van der Waals surface area contributed by atoms with Crippen LogP contribution < -0.4 is 5.73 Å². The highest BCUT2D eigenvalue weighted by Gasteiger charge is 2.12. The van der Waals surface area contributed by atoms with Gasteiger partial charge in [0.15, 0.2) is 0 Å². The summed E-state index contributed by atoms with van der Waals surface area (Å²) in [5, 5.41) is 3.50. The van der Waals surface area contributed by atoms with E-state index in [0.29, 0.717) is 12.5 Å². The first kappa shape index (κ1) is 12.4. The summed E-state index contributed by atoms with van der Waals surface area (Å²) in [4.78, 5) is 0. The second kappa shape index (κ2) is 5.55. The highest BCUT2D eigenvalue weighted by atomic mass is 32.1. The molecule has 0 saturated heterocycles. The van der Waals surface area contributed by atoms with E-state index < -0.39 is 0 Å². The Bertz CT molecular complexity index is 657. The lowest BCUT2D eigenvalue weighted by molar-refractivity contribution is 0.698. The summed E-state index contributed by atoms with van der Waals surface area (Å²) in [6.07, 6.45) is 1.01. The van der Waals surface area contributed by atoms with Gasteiger partial charge in [-0.05, 0) is 40.9 Å². The molecule has 0 aliphatic rings. The molecular formula is C17H17NS. The summed E-state index contributed by atoms with van der Waals surface area (Å²) >= 11 is 1.82. The van der Waals surface area contributed by atoms with Gasteiger partial charge in [-0.2, -0.15) is 0 Å².